The summed E-state index contributed by atoms with van der Waals surface area (Å²) in [6.07, 6.45) is 5.39. The van der Waals surface area contributed by atoms with Crippen LogP contribution in [0.4, 0.5) is 11.6 Å². The van der Waals surface area contributed by atoms with Gasteiger partial charge in [-0.3, -0.25) is 9.59 Å². The molecule has 1 saturated heterocycles. The lowest BCUT2D eigenvalue weighted by molar-refractivity contribution is 0.101. The highest BCUT2D eigenvalue weighted by Gasteiger charge is 2.18. The molecule has 1 fully saturated rings. The average molecular weight is 338 g/mol. The highest BCUT2D eigenvalue weighted by Crippen LogP contribution is 2.20. The van der Waals surface area contributed by atoms with Crippen molar-refractivity contribution >= 4 is 23.3 Å². The van der Waals surface area contributed by atoms with Gasteiger partial charge in [-0.15, -0.1) is 0 Å². The molecule has 0 atom stereocenters. The minimum absolute atomic E-state index is 0.00558. The number of ketones is 1. The van der Waals surface area contributed by atoms with Crippen molar-refractivity contribution < 1.29 is 9.59 Å². The summed E-state index contributed by atoms with van der Waals surface area (Å²) in [6, 6.07) is 6.79. The first-order valence-corrected chi connectivity index (χ1v) is 8.52. The summed E-state index contributed by atoms with van der Waals surface area (Å²) in [7, 11) is 0. The lowest BCUT2D eigenvalue weighted by Crippen LogP contribution is -2.34. The van der Waals surface area contributed by atoms with Gasteiger partial charge in [-0.05, 0) is 49.9 Å². The molecule has 6 heteroatoms. The number of carbonyl (C=O) groups excluding carboxylic acids is 2. The van der Waals surface area contributed by atoms with Crippen molar-refractivity contribution in [3.05, 3.63) is 47.8 Å². The van der Waals surface area contributed by atoms with Crippen molar-refractivity contribution in [2.45, 2.75) is 26.7 Å². The standard InChI is InChI=1S/C19H22N4O2/c1-13-7-9-23(10-8-13)19-20-11-16(12-21-19)18(25)22-17-5-3-15(4-6-17)14(2)24/h3-6,11-13H,7-10H2,1-2H3,(H,22,25). The van der Waals surface area contributed by atoms with E-state index in [1.54, 1.807) is 36.7 Å². The van der Waals surface area contributed by atoms with Crippen LogP contribution in [-0.2, 0) is 0 Å². The molecule has 1 aliphatic heterocycles. The topological polar surface area (TPSA) is 75.2 Å². The maximum Gasteiger partial charge on any atom is 0.258 e. The second-order valence-electron chi connectivity index (χ2n) is 6.53. The smallest absolute Gasteiger partial charge is 0.258 e. The lowest BCUT2D eigenvalue weighted by atomic mass is 10.00. The predicted molar refractivity (Wildman–Crippen MR) is 97.0 cm³/mol. The fraction of sp³-hybridized carbons (Fsp3) is 0.368. The molecule has 1 aromatic heterocycles. The van der Waals surface area contributed by atoms with Crippen molar-refractivity contribution in [2.75, 3.05) is 23.3 Å². The number of hydrogen-bond donors (Lipinski definition) is 1. The number of Topliss-reactive ketones (excluding diaryl/α,β-unsaturated/α-hetero) is 1. The Morgan fingerprint density at radius 2 is 1.64 bits per heavy atom. The van der Waals surface area contributed by atoms with Crippen LogP contribution in [0, 0.1) is 5.92 Å². The molecule has 130 valence electrons. The zero-order chi connectivity index (χ0) is 17.8. The number of carbonyl (C=O) groups is 2. The molecule has 0 unspecified atom stereocenters. The normalized spacial score (nSPS) is 15.0. The zero-order valence-electron chi connectivity index (χ0n) is 14.5. The molecule has 2 heterocycles. The molecule has 0 radical (unpaired) electrons. The van der Waals surface area contributed by atoms with Gasteiger partial charge in [0.1, 0.15) is 0 Å². The maximum absolute atomic E-state index is 12.3. The number of nitrogens with one attached hydrogen (secondary N) is 1. The van der Waals surface area contributed by atoms with Gasteiger partial charge in [0.25, 0.3) is 5.91 Å². The van der Waals surface area contributed by atoms with E-state index in [9.17, 15) is 9.59 Å². The van der Waals surface area contributed by atoms with Gasteiger partial charge in [0.15, 0.2) is 5.78 Å². The number of piperidine rings is 1. The Labute approximate surface area is 147 Å². The number of aromatic nitrogens is 2. The number of hydrogen-bond acceptors (Lipinski definition) is 5. The quantitative estimate of drug-likeness (QED) is 0.867. The summed E-state index contributed by atoms with van der Waals surface area (Å²) < 4.78 is 0. The van der Waals surface area contributed by atoms with Crippen LogP contribution in [0.5, 0.6) is 0 Å². The maximum atomic E-state index is 12.3. The zero-order valence-corrected chi connectivity index (χ0v) is 14.5. The predicted octanol–water partition coefficient (Wildman–Crippen LogP) is 3.17. The summed E-state index contributed by atoms with van der Waals surface area (Å²) in [4.78, 5) is 34.4. The summed E-state index contributed by atoms with van der Waals surface area (Å²) in [5, 5.41) is 2.79. The van der Waals surface area contributed by atoms with E-state index < -0.39 is 0 Å². The van der Waals surface area contributed by atoms with Crippen molar-refractivity contribution in [3.8, 4) is 0 Å². The Morgan fingerprint density at radius 1 is 1.04 bits per heavy atom. The van der Waals surface area contributed by atoms with Crippen LogP contribution in [-0.4, -0.2) is 34.7 Å². The van der Waals surface area contributed by atoms with Crippen LogP contribution in [0.2, 0.25) is 0 Å². The molecule has 0 aliphatic carbocycles. The Kier molecular flexibility index (Phi) is 5.07. The molecule has 2 aromatic rings. The van der Waals surface area contributed by atoms with Gasteiger partial charge in [-0.2, -0.15) is 0 Å². The number of benzene rings is 1. The molecule has 1 aromatic carbocycles. The molecule has 0 spiro atoms. The van der Waals surface area contributed by atoms with Crippen molar-refractivity contribution in [3.63, 3.8) is 0 Å². The molecule has 25 heavy (non-hydrogen) atoms. The third-order valence-corrected chi connectivity index (χ3v) is 4.52. The van der Waals surface area contributed by atoms with Crippen LogP contribution in [0.15, 0.2) is 36.7 Å². The summed E-state index contributed by atoms with van der Waals surface area (Å²) in [5.74, 6) is 1.15. The molecule has 0 saturated carbocycles. The highest BCUT2D eigenvalue weighted by molar-refractivity contribution is 6.04. The average Bonchev–Trinajstić information content (AvgIpc) is 2.63. The van der Waals surface area contributed by atoms with Crippen LogP contribution in [0.3, 0.4) is 0 Å². The first-order valence-electron chi connectivity index (χ1n) is 8.52. The Bertz CT molecular complexity index is 748. The van der Waals surface area contributed by atoms with Gasteiger partial charge in [0, 0.05) is 36.7 Å². The second kappa shape index (κ2) is 7.42. The van der Waals surface area contributed by atoms with Crippen molar-refractivity contribution in [2.24, 2.45) is 5.92 Å². The van der Waals surface area contributed by atoms with Crippen LogP contribution in [0.1, 0.15) is 47.4 Å². The largest absolute Gasteiger partial charge is 0.341 e. The lowest BCUT2D eigenvalue weighted by Gasteiger charge is -2.30. The Morgan fingerprint density at radius 3 is 2.20 bits per heavy atom. The van der Waals surface area contributed by atoms with Crippen molar-refractivity contribution in [1.82, 2.24) is 9.97 Å². The number of rotatable bonds is 4. The minimum Gasteiger partial charge on any atom is -0.341 e. The number of nitrogens with zero attached hydrogens (tertiary/aromatic N) is 3. The minimum atomic E-state index is -0.269. The van der Waals surface area contributed by atoms with Gasteiger partial charge >= 0.3 is 0 Å². The van der Waals surface area contributed by atoms with Gasteiger partial charge in [-0.25, -0.2) is 9.97 Å². The van der Waals surface area contributed by atoms with E-state index in [2.05, 4.69) is 27.1 Å². The summed E-state index contributed by atoms with van der Waals surface area (Å²) >= 11 is 0. The fourth-order valence-electron chi connectivity index (χ4n) is 2.80. The van der Waals surface area contributed by atoms with E-state index in [-0.39, 0.29) is 11.7 Å². The highest BCUT2D eigenvalue weighted by atomic mass is 16.1. The van der Waals surface area contributed by atoms with E-state index in [0.29, 0.717) is 22.8 Å². The molecular formula is C19H22N4O2. The summed E-state index contributed by atoms with van der Waals surface area (Å²) in [5.41, 5.74) is 1.65. The molecular weight excluding hydrogens is 316 g/mol. The Hall–Kier alpha value is -2.76. The van der Waals surface area contributed by atoms with Gasteiger partial charge in [0.2, 0.25) is 5.95 Å². The van der Waals surface area contributed by atoms with E-state index in [4.69, 9.17) is 0 Å². The van der Waals surface area contributed by atoms with E-state index >= 15 is 0 Å². The van der Waals surface area contributed by atoms with Gasteiger partial charge in [-0.1, -0.05) is 6.92 Å². The molecule has 0 bridgehead atoms. The SMILES string of the molecule is CC(=O)c1ccc(NC(=O)c2cnc(N3CCC(C)CC3)nc2)cc1. The summed E-state index contributed by atoms with van der Waals surface area (Å²) in [6.45, 7) is 5.68. The third-order valence-electron chi connectivity index (χ3n) is 4.52. The molecule has 1 N–H and O–H groups in total. The van der Waals surface area contributed by atoms with Crippen LogP contribution < -0.4 is 10.2 Å². The number of anilines is 2. The van der Waals surface area contributed by atoms with Gasteiger partial charge in [0.05, 0.1) is 5.56 Å². The van der Waals surface area contributed by atoms with Crippen LogP contribution in [0.25, 0.3) is 0 Å². The van der Waals surface area contributed by atoms with Gasteiger partial charge < -0.3 is 10.2 Å². The van der Waals surface area contributed by atoms with Crippen LogP contribution >= 0.6 is 0 Å². The molecule has 1 amide bonds. The molecule has 3 rings (SSSR count). The third kappa shape index (κ3) is 4.21. The van der Waals surface area contributed by atoms with E-state index in [1.165, 1.54) is 6.92 Å². The monoisotopic (exact) mass is 338 g/mol. The molecule has 1 aliphatic rings. The molecule has 6 nitrogen and oxygen atoms in total. The second-order valence-corrected chi connectivity index (χ2v) is 6.53. The number of amides is 1. The Balaban J connectivity index is 1.63. The first-order chi connectivity index (χ1) is 12.0. The first kappa shape index (κ1) is 17.1. The van der Waals surface area contributed by atoms with E-state index in [0.717, 1.165) is 31.8 Å². The fourth-order valence-corrected chi connectivity index (χ4v) is 2.80. The van der Waals surface area contributed by atoms with E-state index in [1.807, 2.05) is 0 Å². The van der Waals surface area contributed by atoms with Crippen molar-refractivity contribution in [1.29, 1.82) is 0 Å².